The predicted octanol–water partition coefficient (Wildman–Crippen LogP) is 2.06. The number of thiazole rings is 1. The summed E-state index contributed by atoms with van der Waals surface area (Å²) in [7, 11) is 1.92. The largest absolute Gasteiger partial charge is 0.392 e. The molecule has 0 aliphatic carbocycles. The molecule has 0 saturated carbocycles. The molecule has 124 valence electrons. The van der Waals surface area contributed by atoms with Crippen molar-refractivity contribution >= 4 is 16.2 Å². The van der Waals surface area contributed by atoms with Crippen LogP contribution >= 0.6 is 11.3 Å². The van der Waals surface area contributed by atoms with Crippen molar-refractivity contribution in [3.8, 4) is 0 Å². The molecule has 1 fully saturated rings. The van der Waals surface area contributed by atoms with Crippen LogP contribution in [0.5, 0.6) is 0 Å². The Morgan fingerprint density at radius 1 is 1.27 bits per heavy atom. The first-order chi connectivity index (χ1) is 10.2. The van der Waals surface area contributed by atoms with Gasteiger partial charge in [0.1, 0.15) is 10.7 Å². The highest BCUT2D eigenvalue weighted by Crippen LogP contribution is 2.25. The molecule has 6 heteroatoms. The third-order valence-electron chi connectivity index (χ3n) is 4.40. The maximum atomic E-state index is 9.19. The summed E-state index contributed by atoms with van der Waals surface area (Å²) in [4.78, 5) is 9.10. The zero-order chi connectivity index (χ0) is 16.6. The van der Waals surface area contributed by atoms with Gasteiger partial charge in [-0.1, -0.05) is 0 Å². The van der Waals surface area contributed by atoms with Gasteiger partial charge in [0.05, 0.1) is 17.9 Å². The molecule has 1 aliphatic heterocycles. The van der Waals surface area contributed by atoms with E-state index in [0.717, 1.165) is 11.5 Å². The number of nitrogens with zero attached hydrogens (tertiary/aromatic N) is 3. The highest BCUT2D eigenvalue weighted by molar-refractivity contribution is 7.17. The summed E-state index contributed by atoms with van der Waals surface area (Å²) in [6, 6.07) is 0.148. The van der Waals surface area contributed by atoms with E-state index in [1.165, 1.54) is 15.4 Å². The van der Waals surface area contributed by atoms with E-state index in [9.17, 15) is 5.11 Å². The molecule has 0 spiro atoms. The highest BCUT2D eigenvalue weighted by Gasteiger charge is 2.30. The van der Waals surface area contributed by atoms with Gasteiger partial charge in [-0.15, -0.1) is 11.3 Å². The first-order valence-corrected chi connectivity index (χ1v) is 8.52. The number of aliphatic hydroxyl groups excluding tert-OH is 2. The Morgan fingerprint density at radius 3 is 2.32 bits per heavy atom. The number of hydrogen-bond donors (Lipinski definition) is 2. The van der Waals surface area contributed by atoms with E-state index in [4.69, 9.17) is 5.11 Å². The minimum atomic E-state index is -0.331. The van der Waals surface area contributed by atoms with Gasteiger partial charge in [0.15, 0.2) is 0 Å². The standard InChI is InChI=1S/C9H12N2S.C7H15NO2/c1-5-9-11(8(4)10-5)6(2)7(3)12-9;1-5(9)7-3-6(10)4-8(7)2/h1-4H3;5-7,9-10H,3-4H2,1-2H3. The Bertz CT molecular complexity index is 647. The lowest BCUT2D eigenvalue weighted by atomic mass is 10.1. The second-order valence-electron chi connectivity index (χ2n) is 6.27. The number of imidazole rings is 1. The zero-order valence-corrected chi connectivity index (χ0v) is 15.1. The van der Waals surface area contributed by atoms with Crippen LogP contribution in [0.2, 0.25) is 0 Å². The van der Waals surface area contributed by atoms with Crippen LogP contribution in [0.4, 0.5) is 0 Å². The van der Waals surface area contributed by atoms with Crippen molar-refractivity contribution in [2.45, 2.75) is 59.3 Å². The molecule has 22 heavy (non-hydrogen) atoms. The zero-order valence-electron chi connectivity index (χ0n) is 14.3. The molecule has 2 aromatic rings. The maximum absolute atomic E-state index is 9.19. The van der Waals surface area contributed by atoms with Crippen LogP contribution in [-0.2, 0) is 0 Å². The molecule has 0 bridgehead atoms. The predicted molar refractivity (Wildman–Crippen MR) is 90.7 cm³/mol. The average Bonchev–Trinajstić information content (AvgIpc) is 2.99. The van der Waals surface area contributed by atoms with E-state index in [2.05, 4.69) is 37.1 Å². The number of hydrogen-bond acceptors (Lipinski definition) is 5. The van der Waals surface area contributed by atoms with Crippen LogP contribution in [0.1, 0.15) is 35.4 Å². The number of aryl methyl sites for hydroxylation is 4. The summed E-state index contributed by atoms with van der Waals surface area (Å²) < 4.78 is 2.23. The molecular weight excluding hydrogens is 298 g/mol. The Hall–Kier alpha value is -0.950. The Kier molecular flexibility index (Phi) is 5.27. The molecule has 0 aromatic carbocycles. The third-order valence-corrected chi connectivity index (χ3v) is 5.67. The molecule has 1 saturated heterocycles. The maximum Gasteiger partial charge on any atom is 0.123 e. The number of likely N-dealkylation sites (N-methyl/N-ethyl adjacent to an activating group) is 1. The molecular formula is C16H27N3O2S. The van der Waals surface area contributed by atoms with Gasteiger partial charge in [0.2, 0.25) is 0 Å². The third kappa shape index (κ3) is 3.35. The number of rotatable bonds is 1. The lowest BCUT2D eigenvalue weighted by molar-refractivity contribution is 0.100. The molecule has 2 aromatic heterocycles. The van der Waals surface area contributed by atoms with E-state index in [1.807, 2.05) is 23.3 Å². The minimum absolute atomic E-state index is 0.148. The molecule has 0 radical (unpaired) electrons. The van der Waals surface area contributed by atoms with Crippen LogP contribution in [-0.4, -0.2) is 56.3 Å². The Balaban J connectivity index is 0.000000164. The Morgan fingerprint density at radius 2 is 1.91 bits per heavy atom. The normalized spacial score (nSPS) is 23.6. The molecule has 0 amide bonds. The van der Waals surface area contributed by atoms with Crippen LogP contribution in [0.15, 0.2) is 0 Å². The van der Waals surface area contributed by atoms with Gasteiger partial charge in [0, 0.05) is 23.2 Å². The fourth-order valence-electron chi connectivity index (χ4n) is 3.11. The van der Waals surface area contributed by atoms with Crippen molar-refractivity contribution in [1.29, 1.82) is 0 Å². The number of aliphatic hydroxyl groups is 2. The van der Waals surface area contributed by atoms with Crippen molar-refractivity contribution in [3.63, 3.8) is 0 Å². The van der Waals surface area contributed by atoms with Gasteiger partial charge in [-0.05, 0) is 48.1 Å². The Labute approximate surface area is 136 Å². The fraction of sp³-hybridized carbons (Fsp3) is 0.688. The summed E-state index contributed by atoms with van der Waals surface area (Å²) >= 11 is 1.83. The smallest absolute Gasteiger partial charge is 0.123 e. The van der Waals surface area contributed by atoms with Crippen LogP contribution in [0.25, 0.3) is 4.83 Å². The van der Waals surface area contributed by atoms with Crippen molar-refractivity contribution in [3.05, 3.63) is 22.1 Å². The van der Waals surface area contributed by atoms with Crippen molar-refractivity contribution in [2.75, 3.05) is 13.6 Å². The van der Waals surface area contributed by atoms with Crippen LogP contribution in [0.3, 0.4) is 0 Å². The summed E-state index contributed by atoms with van der Waals surface area (Å²) in [5, 5.41) is 18.4. The second kappa shape index (κ2) is 6.66. The summed E-state index contributed by atoms with van der Waals surface area (Å²) in [6.45, 7) is 10.9. The van der Waals surface area contributed by atoms with E-state index < -0.39 is 0 Å². The summed E-state index contributed by atoms with van der Waals surface area (Å²) in [6.07, 6.45) is 0.125. The van der Waals surface area contributed by atoms with E-state index in [-0.39, 0.29) is 18.2 Å². The highest BCUT2D eigenvalue weighted by atomic mass is 32.1. The van der Waals surface area contributed by atoms with Gasteiger partial charge in [-0.2, -0.15) is 0 Å². The first kappa shape index (κ1) is 17.4. The summed E-state index contributed by atoms with van der Waals surface area (Å²) in [5.74, 6) is 1.10. The quantitative estimate of drug-likeness (QED) is 0.842. The molecule has 2 N–H and O–H groups in total. The van der Waals surface area contributed by atoms with E-state index in [0.29, 0.717) is 13.0 Å². The van der Waals surface area contributed by atoms with E-state index >= 15 is 0 Å². The molecule has 3 rings (SSSR count). The summed E-state index contributed by atoms with van der Waals surface area (Å²) in [5.41, 5.74) is 2.47. The van der Waals surface area contributed by atoms with Gasteiger partial charge in [-0.3, -0.25) is 9.30 Å². The van der Waals surface area contributed by atoms with Gasteiger partial charge >= 0.3 is 0 Å². The van der Waals surface area contributed by atoms with Crippen LogP contribution < -0.4 is 0 Å². The van der Waals surface area contributed by atoms with Gasteiger partial charge < -0.3 is 10.2 Å². The topological polar surface area (TPSA) is 61.0 Å². The number of β-amino-alcohol motifs (C(OH)–C–C–N with tert-alkyl or cyclic N) is 1. The fourth-order valence-corrected chi connectivity index (χ4v) is 4.19. The molecule has 3 unspecified atom stereocenters. The minimum Gasteiger partial charge on any atom is -0.392 e. The van der Waals surface area contributed by atoms with Crippen LogP contribution in [0, 0.1) is 27.7 Å². The molecule has 1 aliphatic rings. The van der Waals surface area contributed by atoms with Crippen molar-refractivity contribution < 1.29 is 10.2 Å². The number of aromatic nitrogens is 2. The number of fused-ring (bicyclic) bond motifs is 1. The SMILES string of the molecule is CC(O)C1CC(O)CN1C.Cc1sc2c(C)nc(C)n2c1C. The van der Waals surface area contributed by atoms with Crippen molar-refractivity contribution in [2.24, 2.45) is 0 Å². The lowest BCUT2D eigenvalue weighted by Gasteiger charge is -2.21. The second-order valence-corrected chi connectivity index (χ2v) is 7.47. The van der Waals surface area contributed by atoms with Crippen molar-refractivity contribution in [1.82, 2.24) is 14.3 Å². The molecule has 3 heterocycles. The van der Waals surface area contributed by atoms with E-state index in [1.54, 1.807) is 6.92 Å². The molecule has 5 nitrogen and oxygen atoms in total. The molecule has 3 atom stereocenters. The number of likely N-dealkylation sites (tertiary alicyclic amines) is 1. The van der Waals surface area contributed by atoms with Gasteiger partial charge in [0.25, 0.3) is 0 Å². The monoisotopic (exact) mass is 325 g/mol. The van der Waals surface area contributed by atoms with Gasteiger partial charge in [-0.25, -0.2) is 4.98 Å². The lowest BCUT2D eigenvalue weighted by Crippen LogP contribution is -2.34. The average molecular weight is 325 g/mol. The first-order valence-electron chi connectivity index (χ1n) is 7.70.